The Morgan fingerprint density at radius 2 is 1.44 bits per heavy atom. The van der Waals surface area contributed by atoms with Gasteiger partial charge in [0.05, 0.1) is 0 Å². The van der Waals surface area contributed by atoms with Gasteiger partial charge in [0.1, 0.15) is 0 Å². The largest absolute Gasteiger partial charge is 0.297 e. The Balaban J connectivity index is 1.36. The Morgan fingerprint density at radius 3 is 2.20 bits per heavy atom. The Hall–Kier alpha value is -2.16. The molecule has 0 radical (unpaired) electrons. The van der Waals surface area contributed by atoms with Crippen LogP contribution in [0.1, 0.15) is 24.1 Å². The lowest BCUT2D eigenvalue weighted by Crippen LogP contribution is -2.46. The van der Waals surface area contributed by atoms with Crippen LogP contribution in [0.4, 0.5) is 0 Å². The molecule has 0 saturated carbocycles. The van der Waals surface area contributed by atoms with Crippen LogP contribution in [0.25, 0.3) is 10.8 Å². The lowest BCUT2D eigenvalue weighted by Gasteiger charge is -2.38. The van der Waals surface area contributed by atoms with Gasteiger partial charge in [-0.25, -0.2) is 0 Å². The molecule has 1 aliphatic rings. The highest BCUT2D eigenvalue weighted by Crippen LogP contribution is 2.22. The third kappa shape index (κ3) is 3.76. The monoisotopic (exact) mass is 330 g/mol. The van der Waals surface area contributed by atoms with Crippen molar-refractivity contribution < 1.29 is 0 Å². The molecule has 1 unspecified atom stereocenters. The first-order chi connectivity index (χ1) is 12.3. The normalized spacial score (nSPS) is 17.6. The van der Waals surface area contributed by atoms with Gasteiger partial charge in [0.25, 0.3) is 0 Å². The number of rotatable bonds is 4. The molecule has 2 heteroatoms. The lowest BCUT2D eigenvalue weighted by molar-refractivity contribution is 0.0979. The number of fused-ring (bicyclic) bond motifs is 1. The number of piperazine rings is 1. The third-order valence-electron chi connectivity index (χ3n) is 5.46. The second-order valence-corrected chi connectivity index (χ2v) is 7.08. The molecule has 1 aliphatic heterocycles. The summed E-state index contributed by atoms with van der Waals surface area (Å²) >= 11 is 0. The van der Waals surface area contributed by atoms with Crippen molar-refractivity contribution in [1.29, 1.82) is 0 Å². The van der Waals surface area contributed by atoms with E-state index in [9.17, 15) is 0 Å². The van der Waals surface area contributed by atoms with Gasteiger partial charge in [0, 0.05) is 38.8 Å². The van der Waals surface area contributed by atoms with E-state index < -0.39 is 0 Å². The molecule has 3 aromatic rings. The van der Waals surface area contributed by atoms with Crippen LogP contribution in [0.5, 0.6) is 0 Å². The van der Waals surface area contributed by atoms with Crippen LogP contribution in [0.2, 0.25) is 0 Å². The van der Waals surface area contributed by atoms with Crippen LogP contribution in [0.15, 0.2) is 72.8 Å². The summed E-state index contributed by atoms with van der Waals surface area (Å²) in [6.45, 7) is 7.95. The van der Waals surface area contributed by atoms with E-state index >= 15 is 0 Å². The van der Waals surface area contributed by atoms with Crippen molar-refractivity contribution in [3.8, 4) is 0 Å². The zero-order valence-electron chi connectivity index (χ0n) is 14.9. The van der Waals surface area contributed by atoms with Crippen molar-refractivity contribution in [1.82, 2.24) is 9.80 Å². The third-order valence-corrected chi connectivity index (χ3v) is 5.46. The van der Waals surface area contributed by atoms with Crippen LogP contribution >= 0.6 is 0 Å². The summed E-state index contributed by atoms with van der Waals surface area (Å²) in [4.78, 5) is 5.19. The minimum atomic E-state index is 0.504. The standard InChI is InChI=1S/C23H26N2/c1-19(21-7-3-2-4-8-21)25-15-13-24(14-16-25)18-20-11-12-22-9-5-6-10-23(22)17-20/h2-12,17,19H,13-16,18H2,1H3. The summed E-state index contributed by atoms with van der Waals surface area (Å²) in [5.74, 6) is 0. The molecule has 0 aliphatic carbocycles. The van der Waals surface area contributed by atoms with Gasteiger partial charge in [0.15, 0.2) is 0 Å². The average molecular weight is 330 g/mol. The molecule has 0 N–H and O–H groups in total. The predicted molar refractivity (Wildman–Crippen MR) is 106 cm³/mol. The van der Waals surface area contributed by atoms with E-state index in [1.807, 2.05) is 0 Å². The van der Waals surface area contributed by atoms with E-state index in [0.717, 1.165) is 32.7 Å². The van der Waals surface area contributed by atoms with E-state index in [-0.39, 0.29) is 0 Å². The molecule has 1 heterocycles. The average Bonchev–Trinajstić information content (AvgIpc) is 2.69. The number of hydrogen-bond donors (Lipinski definition) is 0. The summed E-state index contributed by atoms with van der Waals surface area (Å²) in [5, 5.41) is 2.67. The Labute approximate surface area is 150 Å². The molecule has 1 atom stereocenters. The first-order valence-corrected chi connectivity index (χ1v) is 9.28. The van der Waals surface area contributed by atoms with E-state index in [4.69, 9.17) is 0 Å². The molecule has 2 nitrogen and oxygen atoms in total. The molecule has 4 rings (SSSR count). The highest BCUT2D eigenvalue weighted by molar-refractivity contribution is 5.82. The summed E-state index contributed by atoms with van der Waals surface area (Å²) in [6.07, 6.45) is 0. The van der Waals surface area contributed by atoms with E-state index in [0.29, 0.717) is 6.04 Å². The van der Waals surface area contributed by atoms with Gasteiger partial charge in [-0.3, -0.25) is 9.80 Å². The maximum absolute atomic E-state index is 2.60. The van der Waals surface area contributed by atoms with Crippen molar-refractivity contribution in [3.63, 3.8) is 0 Å². The van der Waals surface area contributed by atoms with Crippen molar-refractivity contribution in [3.05, 3.63) is 83.9 Å². The Kier molecular flexibility index (Phi) is 4.82. The van der Waals surface area contributed by atoms with E-state index in [2.05, 4.69) is 89.5 Å². The minimum absolute atomic E-state index is 0.504. The topological polar surface area (TPSA) is 6.48 Å². The van der Waals surface area contributed by atoms with Gasteiger partial charge in [-0.15, -0.1) is 0 Å². The smallest absolute Gasteiger partial charge is 0.0320 e. The highest BCUT2D eigenvalue weighted by atomic mass is 15.3. The van der Waals surface area contributed by atoms with Gasteiger partial charge in [0.2, 0.25) is 0 Å². The van der Waals surface area contributed by atoms with Crippen molar-refractivity contribution in [2.24, 2.45) is 0 Å². The molecular weight excluding hydrogens is 304 g/mol. The molecule has 0 bridgehead atoms. The van der Waals surface area contributed by atoms with E-state index in [1.165, 1.54) is 21.9 Å². The quantitative estimate of drug-likeness (QED) is 0.683. The zero-order chi connectivity index (χ0) is 17.1. The molecular formula is C23H26N2. The number of nitrogens with zero attached hydrogens (tertiary/aromatic N) is 2. The molecule has 0 spiro atoms. The number of hydrogen-bond acceptors (Lipinski definition) is 2. The van der Waals surface area contributed by atoms with Gasteiger partial charge in [-0.1, -0.05) is 66.7 Å². The zero-order valence-corrected chi connectivity index (χ0v) is 14.9. The van der Waals surface area contributed by atoms with Crippen LogP contribution in [-0.4, -0.2) is 36.0 Å². The number of benzene rings is 3. The predicted octanol–water partition coefficient (Wildman–Crippen LogP) is 4.72. The fourth-order valence-electron chi connectivity index (χ4n) is 3.85. The van der Waals surface area contributed by atoms with Gasteiger partial charge < -0.3 is 0 Å². The molecule has 1 saturated heterocycles. The summed E-state index contributed by atoms with van der Waals surface area (Å²) < 4.78 is 0. The minimum Gasteiger partial charge on any atom is -0.297 e. The molecule has 3 aromatic carbocycles. The fraction of sp³-hybridized carbons (Fsp3) is 0.304. The molecule has 1 fully saturated rings. The first-order valence-electron chi connectivity index (χ1n) is 9.28. The Bertz CT molecular complexity index is 820. The second-order valence-electron chi connectivity index (χ2n) is 7.08. The fourth-order valence-corrected chi connectivity index (χ4v) is 3.85. The Morgan fingerprint density at radius 1 is 0.760 bits per heavy atom. The molecule has 0 amide bonds. The van der Waals surface area contributed by atoms with Gasteiger partial charge in [-0.2, -0.15) is 0 Å². The summed E-state index contributed by atoms with van der Waals surface area (Å²) in [7, 11) is 0. The van der Waals surface area contributed by atoms with Crippen LogP contribution in [0, 0.1) is 0 Å². The van der Waals surface area contributed by atoms with Crippen LogP contribution in [0.3, 0.4) is 0 Å². The molecule has 0 aromatic heterocycles. The maximum Gasteiger partial charge on any atom is 0.0320 e. The second kappa shape index (κ2) is 7.38. The van der Waals surface area contributed by atoms with E-state index in [1.54, 1.807) is 0 Å². The van der Waals surface area contributed by atoms with Gasteiger partial charge in [-0.05, 0) is 34.9 Å². The summed E-state index contributed by atoms with van der Waals surface area (Å²) in [6, 6.07) is 26.9. The van der Waals surface area contributed by atoms with Crippen molar-refractivity contribution >= 4 is 10.8 Å². The summed E-state index contributed by atoms with van der Waals surface area (Å²) in [5.41, 5.74) is 2.84. The van der Waals surface area contributed by atoms with Crippen molar-refractivity contribution in [2.45, 2.75) is 19.5 Å². The SMILES string of the molecule is CC(c1ccccc1)N1CCN(Cc2ccc3ccccc3c2)CC1. The highest BCUT2D eigenvalue weighted by Gasteiger charge is 2.21. The van der Waals surface area contributed by atoms with Crippen LogP contribution < -0.4 is 0 Å². The molecule has 25 heavy (non-hydrogen) atoms. The molecule has 128 valence electrons. The van der Waals surface area contributed by atoms with Crippen molar-refractivity contribution in [2.75, 3.05) is 26.2 Å². The lowest BCUT2D eigenvalue weighted by atomic mass is 10.1. The first kappa shape index (κ1) is 16.3. The maximum atomic E-state index is 2.60. The van der Waals surface area contributed by atoms with Crippen LogP contribution in [-0.2, 0) is 6.54 Å². The van der Waals surface area contributed by atoms with Gasteiger partial charge >= 0.3 is 0 Å².